The first-order valence-corrected chi connectivity index (χ1v) is 27.3. The van der Waals surface area contributed by atoms with E-state index in [0.717, 1.165) is 70.6 Å². The molecule has 0 aliphatic carbocycles. The maximum absolute atomic E-state index is 12.8. The number of carbonyl (C=O) groups excluding carboxylic acids is 3. The maximum Gasteiger partial charge on any atom is 0.306 e. The molecule has 0 saturated heterocycles. The van der Waals surface area contributed by atoms with Crippen LogP contribution >= 0.6 is 0 Å². The standard InChI is InChI=1S/C56H104O6/c1-4-7-10-13-16-19-22-25-28-31-34-37-40-43-46-49-55(58)61-52-53(51-60-54(57)48-45-42-39-36-33-30-27-24-21-18-15-12-9-6-3)62-56(59)50-47-44-41-38-35-32-29-26-23-20-17-14-11-8-5-2/h24-25,27-28,53H,4-23,26,29-52H2,1-3H3/b27-24-,28-25-/t53-/m1/s1. The monoisotopic (exact) mass is 873 g/mol. The largest absolute Gasteiger partial charge is 0.462 e. The van der Waals surface area contributed by atoms with Gasteiger partial charge in [0.25, 0.3) is 0 Å². The van der Waals surface area contributed by atoms with Gasteiger partial charge in [0.2, 0.25) is 0 Å². The zero-order chi connectivity index (χ0) is 45.1. The number of ether oxygens (including phenoxy) is 3. The van der Waals surface area contributed by atoms with Gasteiger partial charge in [0.05, 0.1) is 0 Å². The van der Waals surface area contributed by atoms with Crippen molar-refractivity contribution in [2.45, 2.75) is 303 Å². The Balaban J connectivity index is 4.36. The Hall–Kier alpha value is -2.11. The van der Waals surface area contributed by atoms with Crippen LogP contribution in [0, 0.1) is 0 Å². The lowest BCUT2D eigenvalue weighted by molar-refractivity contribution is -0.167. The molecule has 0 aromatic carbocycles. The van der Waals surface area contributed by atoms with E-state index in [-0.39, 0.29) is 31.1 Å². The summed E-state index contributed by atoms with van der Waals surface area (Å²) in [6.07, 6.45) is 58.7. The lowest BCUT2D eigenvalue weighted by Gasteiger charge is -2.18. The topological polar surface area (TPSA) is 78.9 Å². The van der Waals surface area contributed by atoms with Crippen molar-refractivity contribution >= 4 is 17.9 Å². The van der Waals surface area contributed by atoms with Crippen LogP contribution < -0.4 is 0 Å². The molecule has 0 saturated carbocycles. The third kappa shape index (κ3) is 48.9. The van der Waals surface area contributed by atoms with Gasteiger partial charge in [-0.3, -0.25) is 14.4 Å². The molecule has 0 aliphatic heterocycles. The van der Waals surface area contributed by atoms with Crippen molar-refractivity contribution in [1.29, 1.82) is 0 Å². The van der Waals surface area contributed by atoms with Crippen molar-refractivity contribution in [2.24, 2.45) is 0 Å². The average molecular weight is 873 g/mol. The minimum Gasteiger partial charge on any atom is -0.462 e. The summed E-state index contributed by atoms with van der Waals surface area (Å²) in [5.41, 5.74) is 0. The Bertz CT molecular complexity index is 1000. The molecule has 0 radical (unpaired) electrons. The fourth-order valence-electron chi connectivity index (χ4n) is 8.02. The van der Waals surface area contributed by atoms with E-state index < -0.39 is 6.10 Å². The summed E-state index contributed by atoms with van der Waals surface area (Å²) in [6, 6.07) is 0. The Morgan fingerprint density at radius 3 is 0.806 bits per heavy atom. The van der Waals surface area contributed by atoms with Crippen LogP contribution in [-0.2, 0) is 28.6 Å². The second kappa shape index (κ2) is 51.5. The number of allylic oxidation sites excluding steroid dienone is 4. The van der Waals surface area contributed by atoms with Gasteiger partial charge >= 0.3 is 17.9 Å². The molecule has 364 valence electrons. The van der Waals surface area contributed by atoms with Crippen LogP contribution in [0.1, 0.15) is 297 Å². The molecule has 0 heterocycles. The van der Waals surface area contributed by atoms with Gasteiger partial charge in [0, 0.05) is 19.3 Å². The molecular formula is C56H104O6. The molecule has 0 aromatic heterocycles. The molecule has 0 unspecified atom stereocenters. The van der Waals surface area contributed by atoms with Crippen LogP contribution in [0.25, 0.3) is 0 Å². The molecule has 0 amide bonds. The van der Waals surface area contributed by atoms with E-state index in [4.69, 9.17) is 14.2 Å². The van der Waals surface area contributed by atoms with Crippen molar-refractivity contribution in [1.82, 2.24) is 0 Å². The molecule has 1 atom stereocenters. The summed E-state index contributed by atoms with van der Waals surface area (Å²) >= 11 is 0. The number of hydrogen-bond donors (Lipinski definition) is 0. The summed E-state index contributed by atoms with van der Waals surface area (Å²) in [4.78, 5) is 38.0. The van der Waals surface area contributed by atoms with E-state index in [9.17, 15) is 14.4 Å². The molecule has 0 aliphatic rings. The predicted octanol–water partition coefficient (Wildman–Crippen LogP) is 17.9. The second-order valence-electron chi connectivity index (χ2n) is 18.5. The number of carbonyl (C=O) groups is 3. The highest BCUT2D eigenvalue weighted by Gasteiger charge is 2.19. The predicted molar refractivity (Wildman–Crippen MR) is 266 cm³/mol. The van der Waals surface area contributed by atoms with Gasteiger partial charge in [0.15, 0.2) is 6.10 Å². The molecule has 62 heavy (non-hydrogen) atoms. The van der Waals surface area contributed by atoms with Gasteiger partial charge in [-0.15, -0.1) is 0 Å². The molecule has 6 nitrogen and oxygen atoms in total. The Morgan fingerprint density at radius 2 is 0.532 bits per heavy atom. The van der Waals surface area contributed by atoms with E-state index in [1.165, 1.54) is 186 Å². The number of esters is 3. The summed E-state index contributed by atoms with van der Waals surface area (Å²) in [6.45, 7) is 6.65. The lowest BCUT2D eigenvalue weighted by atomic mass is 10.0. The third-order valence-corrected chi connectivity index (χ3v) is 12.2. The third-order valence-electron chi connectivity index (χ3n) is 12.2. The normalized spacial score (nSPS) is 12.1. The quantitative estimate of drug-likeness (QED) is 0.0262. The summed E-state index contributed by atoms with van der Waals surface area (Å²) < 4.78 is 16.8. The van der Waals surface area contributed by atoms with E-state index in [2.05, 4.69) is 45.1 Å². The first kappa shape index (κ1) is 59.9. The van der Waals surface area contributed by atoms with E-state index in [0.29, 0.717) is 19.3 Å². The summed E-state index contributed by atoms with van der Waals surface area (Å²) in [5, 5.41) is 0. The van der Waals surface area contributed by atoms with Crippen LogP contribution in [0.2, 0.25) is 0 Å². The van der Waals surface area contributed by atoms with Crippen molar-refractivity contribution < 1.29 is 28.6 Å². The summed E-state index contributed by atoms with van der Waals surface area (Å²) in [7, 11) is 0. The highest BCUT2D eigenvalue weighted by atomic mass is 16.6. The molecule has 0 aromatic rings. The van der Waals surface area contributed by atoms with Crippen molar-refractivity contribution in [3.8, 4) is 0 Å². The molecule has 0 spiro atoms. The fraction of sp³-hybridized carbons (Fsp3) is 0.875. The molecular weight excluding hydrogens is 769 g/mol. The van der Waals surface area contributed by atoms with Crippen molar-refractivity contribution in [3.63, 3.8) is 0 Å². The first-order valence-electron chi connectivity index (χ1n) is 27.3. The van der Waals surface area contributed by atoms with Gasteiger partial charge in [-0.05, 0) is 70.6 Å². The lowest BCUT2D eigenvalue weighted by Crippen LogP contribution is -2.30. The van der Waals surface area contributed by atoms with E-state index in [1.807, 2.05) is 0 Å². The number of hydrogen-bond acceptors (Lipinski definition) is 6. The minimum absolute atomic E-state index is 0.0743. The SMILES string of the molecule is CCCCCCC/C=C\CCCCCCCC(=O)OC[C@H](COC(=O)CCCCCCC/C=C\CCCCCCCC)OC(=O)CCCCCCCCCCCCCCCCC. The van der Waals surface area contributed by atoms with Crippen molar-refractivity contribution in [3.05, 3.63) is 24.3 Å². The Morgan fingerprint density at radius 1 is 0.306 bits per heavy atom. The highest BCUT2D eigenvalue weighted by molar-refractivity contribution is 5.71. The fourth-order valence-corrected chi connectivity index (χ4v) is 8.02. The van der Waals surface area contributed by atoms with Crippen LogP contribution in [0.4, 0.5) is 0 Å². The molecule has 0 fully saturated rings. The van der Waals surface area contributed by atoms with E-state index in [1.54, 1.807) is 0 Å². The first-order chi connectivity index (χ1) is 30.5. The highest BCUT2D eigenvalue weighted by Crippen LogP contribution is 2.16. The Kier molecular flexibility index (Phi) is 49.8. The van der Waals surface area contributed by atoms with Gasteiger partial charge in [0.1, 0.15) is 13.2 Å². The van der Waals surface area contributed by atoms with Crippen LogP contribution in [0.3, 0.4) is 0 Å². The smallest absolute Gasteiger partial charge is 0.306 e. The zero-order valence-electron chi connectivity index (χ0n) is 41.7. The van der Waals surface area contributed by atoms with E-state index >= 15 is 0 Å². The van der Waals surface area contributed by atoms with Gasteiger partial charge in [-0.25, -0.2) is 0 Å². The van der Waals surface area contributed by atoms with Gasteiger partial charge in [-0.1, -0.05) is 231 Å². The van der Waals surface area contributed by atoms with Crippen molar-refractivity contribution in [2.75, 3.05) is 13.2 Å². The maximum atomic E-state index is 12.8. The number of rotatable bonds is 50. The van der Waals surface area contributed by atoms with Crippen LogP contribution in [-0.4, -0.2) is 37.2 Å². The van der Waals surface area contributed by atoms with Gasteiger partial charge < -0.3 is 14.2 Å². The Labute approximate surface area is 385 Å². The second-order valence-corrected chi connectivity index (χ2v) is 18.5. The number of unbranched alkanes of at least 4 members (excludes halogenated alkanes) is 35. The summed E-state index contributed by atoms with van der Waals surface area (Å²) in [5.74, 6) is -0.874. The average Bonchev–Trinajstić information content (AvgIpc) is 3.27. The molecule has 0 rings (SSSR count). The molecule has 0 N–H and O–H groups in total. The molecule has 0 bridgehead atoms. The van der Waals surface area contributed by atoms with Crippen LogP contribution in [0.5, 0.6) is 0 Å². The molecule has 6 heteroatoms. The minimum atomic E-state index is -0.773. The van der Waals surface area contributed by atoms with Crippen LogP contribution in [0.15, 0.2) is 24.3 Å². The van der Waals surface area contributed by atoms with Gasteiger partial charge in [-0.2, -0.15) is 0 Å². The zero-order valence-corrected chi connectivity index (χ0v) is 41.7.